The number of pyridine rings is 2. The average molecular weight is 435 g/mol. The van der Waals surface area contributed by atoms with Crippen LogP contribution in [0.3, 0.4) is 0 Å². The van der Waals surface area contributed by atoms with Crippen molar-refractivity contribution in [2.45, 2.75) is 25.4 Å². The summed E-state index contributed by atoms with van der Waals surface area (Å²) in [6.07, 6.45) is 3.35. The number of fused-ring (bicyclic) bond motifs is 1. The Kier molecular flexibility index (Phi) is 4.90. The highest BCUT2D eigenvalue weighted by Gasteiger charge is 2.31. The molecule has 0 radical (unpaired) electrons. The average Bonchev–Trinajstić information content (AvgIpc) is 3.55. The van der Waals surface area contributed by atoms with E-state index in [1.165, 1.54) is 24.4 Å². The van der Waals surface area contributed by atoms with Gasteiger partial charge in [-0.15, -0.1) is 0 Å². The molecule has 0 amide bonds. The number of imidazole rings is 1. The maximum absolute atomic E-state index is 14.0. The van der Waals surface area contributed by atoms with E-state index in [1.807, 2.05) is 0 Å². The second-order valence-corrected chi connectivity index (χ2v) is 7.46. The van der Waals surface area contributed by atoms with Crippen LogP contribution in [0.25, 0.3) is 17.0 Å². The number of alkyl halides is 2. The molecule has 0 atom stereocenters. The molecule has 0 saturated heterocycles. The summed E-state index contributed by atoms with van der Waals surface area (Å²) in [5.41, 5.74) is 3.52. The van der Waals surface area contributed by atoms with E-state index in [1.54, 1.807) is 34.7 Å². The third-order valence-electron chi connectivity index (χ3n) is 5.12. The monoisotopic (exact) mass is 435 g/mol. The molecule has 1 aromatic carbocycles. The molecule has 1 N–H and O–H groups in total. The first kappa shape index (κ1) is 19.9. The van der Waals surface area contributed by atoms with Gasteiger partial charge in [0.1, 0.15) is 23.0 Å². The van der Waals surface area contributed by atoms with Crippen LogP contribution in [0, 0.1) is 17.1 Å². The lowest BCUT2D eigenvalue weighted by molar-refractivity contribution is -0.0498. The maximum atomic E-state index is 14.0. The minimum absolute atomic E-state index is 0.0341. The van der Waals surface area contributed by atoms with Crippen molar-refractivity contribution in [3.63, 3.8) is 0 Å². The minimum Gasteiger partial charge on any atom is -0.435 e. The van der Waals surface area contributed by atoms with Gasteiger partial charge in [-0.25, -0.2) is 14.4 Å². The summed E-state index contributed by atoms with van der Waals surface area (Å²) in [6.45, 7) is -2.90. The fourth-order valence-electron chi connectivity index (χ4n) is 3.58. The van der Waals surface area contributed by atoms with Crippen LogP contribution in [0.4, 0.5) is 24.7 Å². The topological polar surface area (TPSA) is 75.2 Å². The quantitative estimate of drug-likeness (QED) is 0.425. The lowest BCUT2D eigenvalue weighted by atomic mass is 10.1. The lowest BCUT2D eigenvalue weighted by Crippen LogP contribution is -2.02. The SMILES string of the molecule is N#Cc1cc(Nc2ccc(OC(F)F)cc2)nc(-c2c(C3CC3)nc3ccc(F)cn23)c1. The molecule has 1 aliphatic carbocycles. The van der Waals surface area contributed by atoms with E-state index in [4.69, 9.17) is 0 Å². The highest BCUT2D eigenvalue weighted by Crippen LogP contribution is 2.44. The molecule has 6 nitrogen and oxygen atoms in total. The van der Waals surface area contributed by atoms with E-state index in [0.29, 0.717) is 34.1 Å². The van der Waals surface area contributed by atoms with Gasteiger partial charge >= 0.3 is 6.61 Å². The summed E-state index contributed by atoms with van der Waals surface area (Å²) < 4.78 is 44.7. The van der Waals surface area contributed by atoms with Crippen LogP contribution >= 0.6 is 0 Å². The predicted molar refractivity (Wildman–Crippen MR) is 111 cm³/mol. The van der Waals surface area contributed by atoms with Crippen molar-refractivity contribution in [2.75, 3.05) is 5.32 Å². The standard InChI is InChI=1S/C23H16F3N5O/c24-15-3-8-20-30-21(14-1-2-14)22(31(20)12-15)18-9-13(11-27)10-19(29-18)28-16-4-6-17(7-5-16)32-23(25)26/h3-10,12,14,23H,1-2H2,(H,28,29). The molecule has 4 aromatic rings. The molecule has 0 spiro atoms. The van der Waals surface area contributed by atoms with Gasteiger partial charge in [0, 0.05) is 17.8 Å². The Morgan fingerprint density at radius 2 is 1.88 bits per heavy atom. The van der Waals surface area contributed by atoms with Crippen LogP contribution in [0.15, 0.2) is 54.7 Å². The predicted octanol–water partition coefficient (Wildman–Crippen LogP) is 5.63. The zero-order chi connectivity index (χ0) is 22.2. The Bertz CT molecular complexity index is 1340. The van der Waals surface area contributed by atoms with E-state index >= 15 is 0 Å². The van der Waals surface area contributed by atoms with Gasteiger partial charge in [0.25, 0.3) is 0 Å². The van der Waals surface area contributed by atoms with Crippen LogP contribution in [0.2, 0.25) is 0 Å². The largest absolute Gasteiger partial charge is 0.435 e. The van der Waals surface area contributed by atoms with Crippen molar-refractivity contribution in [3.8, 4) is 23.2 Å². The van der Waals surface area contributed by atoms with E-state index in [9.17, 15) is 18.4 Å². The molecule has 0 bridgehead atoms. The van der Waals surface area contributed by atoms with E-state index in [0.717, 1.165) is 18.5 Å². The Hall–Kier alpha value is -4.06. The van der Waals surface area contributed by atoms with Crippen LogP contribution in [-0.2, 0) is 0 Å². The van der Waals surface area contributed by atoms with Crippen molar-refractivity contribution in [3.05, 3.63) is 71.8 Å². The maximum Gasteiger partial charge on any atom is 0.387 e. The summed E-state index contributed by atoms with van der Waals surface area (Å²) in [5.74, 6) is 0.292. The third-order valence-corrected chi connectivity index (χ3v) is 5.12. The molecule has 160 valence electrons. The highest BCUT2D eigenvalue weighted by molar-refractivity contribution is 5.70. The highest BCUT2D eigenvalue weighted by atomic mass is 19.3. The van der Waals surface area contributed by atoms with Crippen LogP contribution in [0.5, 0.6) is 5.75 Å². The van der Waals surface area contributed by atoms with Crippen LogP contribution in [-0.4, -0.2) is 21.0 Å². The van der Waals surface area contributed by atoms with Crippen LogP contribution in [0.1, 0.15) is 30.0 Å². The van der Waals surface area contributed by atoms with E-state index in [-0.39, 0.29) is 11.7 Å². The van der Waals surface area contributed by atoms with Crippen molar-refractivity contribution < 1.29 is 17.9 Å². The minimum atomic E-state index is -2.90. The molecule has 9 heteroatoms. The van der Waals surface area contributed by atoms with Gasteiger partial charge in [-0.3, -0.25) is 4.40 Å². The van der Waals surface area contributed by atoms with Gasteiger partial charge in [0.2, 0.25) is 0 Å². The first-order valence-corrected chi connectivity index (χ1v) is 9.92. The molecule has 3 heterocycles. The molecule has 5 rings (SSSR count). The Morgan fingerprint density at radius 3 is 2.56 bits per heavy atom. The zero-order valence-corrected chi connectivity index (χ0v) is 16.6. The second kappa shape index (κ2) is 7.89. The number of halogens is 3. The summed E-state index contributed by atoms with van der Waals surface area (Å²) in [5, 5.41) is 12.6. The summed E-state index contributed by atoms with van der Waals surface area (Å²) >= 11 is 0. The molecular formula is C23H16F3N5O. The van der Waals surface area contributed by atoms with Crippen molar-refractivity contribution >= 4 is 17.2 Å². The third kappa shape index (κ3) is 3.95. The molecule has 1 saturated carbocycles. The fraction of sp³-hybridized carbons (Fsp3) is 0.174. The summed E-state index contributed by atoms with van der Waals surface area (Å²) in [7, 11) is 0. The van der Waals surface area contributed by atoms with Crippen LogP contribution < -0.4 is 10.1 Å². The molecule has 1 fully saturated rings. The molecule has 1 aliphatic rings. The molecule has 3 aromatic heterocycles. The number of rotatable bonds is 6. The summed E-state index contributed by atoms with van der Waals surface area (Å²) in [4.78, 5) is 9.32. The number of nitrogens with one attached hydrogen (secondary N) is 1. The van der Waals surface area contributed by atoms with Gasteiger partial charge in [0.15, 0.2) is 0 Å². The normalized spacial score (nSPS) is 13.3. The first-order chi connectivity index (χ1) is 15.5. The Morgan fingerprint density at radius 1 is 1.09 bits per heavy atom. The number of anilines is 2. The van der Waals surface area contributed by atoms with E-state index in [2.05, 4.69) is 26.1 Å². The second-order valence-electron chi connectivity index (χ2n) is 7.46. The number of hydrogen-bond acceptors (Lipinski definition) is 5. The van der Waals surface area contributed by atoms with Crippen molar-refractivity contribution in [1.82, 2.24) is 14.4 Å². The number of benzene rings is 1. The van der Waals surface area contributed by atoms with Crippen molar-refractivity contribution in [2.24, 2.45) is 0 Å². The van der Waals surface area contributed by atoms with Gasteiger partial charge in [-0.1, -0.05) is 0 Å². The Balaban J connectivity index is 1.55. The first-order valence-electron chi connectivity index (χ1n) is 9.92. The Labute approximate surface area is 180 Å². The van der Waals surface area contributed by atoms with E-state index < -0.39 is 12.4 Å². The smallest absolute Gasteiger partial charge is 0.387 e. The molecular weight excluding hydrogens is 419 g/mol. The van der Waals surface area contributed by atoms with Crippen molar-refractivity contribution in [1.29, 1.82) is 5.26 Å². The molecule has 32 heavy (non-hydrogen) atoms. The van der Waals surface area contributed by atoms with Gasteiger partial charge in [-0.2, -0.15) is 14.0 Å². The summed E-state index contributed by atoms with van der Waals surface area (Å²) in [6, 6.07) is 14.3. The van der Waals surface area contributed by atoms with Gasteiger partial charge in [-0.05, 0) is 61.4 Å². The number of aromatic nitrogens is 3. The number of nitrogens with zero attached hydrogens (tertiary/aromatic N) is 4. The lowest BCUT2D eigenvalue weighted by Gasteiger charge is -2.11. The number of nitriles is 1. The van der Waals surface area contributed by atoms with Gasteiger partial charge < -0.3 is 10.1 Å². The fourth-order valence-corrected chi connectivity index (χ4v) is 3.58. The van der Waals surface area contributed by atoms with Gasteiger partial charge in [0.05, 0.1) is 28.7 Å². The molecule has 0 aliphatic heterocycles. The number of ether oxygens (including phenoxy) is 1. The number of hydrogen-bond donors (Lipinski definition) is 1. The molecule has 0 unspecified atom stereocenters. The zero-order valence-electron chi connectivity index (χ0n) is 16.6.